The highest BCUT2D eigenvalue weighted by atomic mass is 35.5. The van der Waals surface area contributed by atoms with Gasteiger partial charge in [-0.3, -0.25) is 5.84 Å². The third kappa shape index (κ3) is 2.47. The minimum atomic E-state index is -0.378. The van der Waals surface area contributed by atoms with Crippen molar-refractivity contribution in [1.82, 2.24) is 10.4 Å². The number of furan rings is 1. The lowest BCUT2D eigenvalue weighted by Crippen LogP contribution is -2.29. The number of nitrogens with one attached hydrogen (secondary N) is 1. The molecular formula is C15H14ClN3O2. The molecule has 0 amide bonds. The fourth-order valence-electron chi connectivity index (χ4n) is 2.31. The summed E-state index contributed by atoms with van der Waals surface area (Å²) in [6.07, 6.45) is 1.66. The van der Waals surface area contributed by atoms with E-state index in [9.17, 15) is 0 Å². The van der Waals surface area contributed by atoms with Crippen LogP contribution in [-0.4, -0.2) is 12.1 Å². The van der Waals surface area contributed by atoms with Crippen LogP contribution in [0.15, 0.2) is 47.0 Å². The second-order valence-corrected chi connectivity index (χ2v) is 4.92. The molecule has 21 heavy (non-hydrogen) atoms. The minimum absolute atomic E-state index is 0.378. The van der Waals surface area contributed by atoms with Crippen LogP contribution in [0.2, 0.25) is 5.02 Å². The first-order chi connectivity index (χ1) is 10.2. The molecule has 5 nitrogen and oxygen atoms in total. The van der Waals surface area contributed by atoms with Gasteiger partial charge in [0.25, 0.3) is 0 Å². The molecule has 3 aromatic rings. The fourth-order valence-corrected chi connectivity index (χ4v) is 2.53. The zero-order valence-electron chi connectivity index (χ0n) is 11.3. The Bertz CT molecular complexity index is 772. The van der Waals surface area contributed by atoms with Gasteiger partial charge in [-0.15, -0.1) is 0 Å². The molecule has 1 unspecified atom stereocenters. The molecule has 0 saturated carbocycles. The molecule has 0 fully saturated rings. The van der Waals surface area contributed by atoms with Gasteiger partial charge in [0.2, 0.25) is 5.88 Å². The number of hydrazine groups is 1. The van der Waals surface area contributed by atoms with E-state index < -0.39 is 0 Å². The van der Waals surface area contributed by atoms with Crippen LogP contribution in [0.25, 0.3) is 11.0 Å². The van der Waals surface area contributed by atoms with Gasteiger partial charge in [-0.25, -0.2) is 10.4 Å². The monoisotopic (exact) mass is 303 g/mol. The Morgan fingerprint density at radius 3 is 2.90 bits per heavy atom. The summed E-state index contributed by atoms with van der Waals surface area (Å²) in [5, 5.41) is 1.48. The molecule has 0 radical (unpaired) electrons. The largest absolute Gasteiger partial charge is 0.481 e. The van der Waals surface area contributed by atoms with Crippen LogP contribution in [0.1, 0.15) is 17.4 Å². The van der Waals surface area contributed by atoms with Crippen LogP contribution >= 0.6 is 11.6 Å². The summed E-state index contributed by atoms with van der Waals surface area (Å²) in [6, 6.07) is 10.8. The average molecular weight is 304 g/mol. The summed E-state index contributed by atoms with van der Waals surface area (Å²) < 4.78 is 11.1. The Balaban J connectivity index is 2.12. The maximum absolute atomic E-state index is 6.14. The number of halogens is 1. The minimum Gasteiger partial charge on any atom is -0.481 e. The van der Waals surface area contributed by atoms with Crippen molar-refractivity contribution in [2.75, 3.05) is 7.11 Å². The van der Waals surface area contributed by atoms with E-state index in [4.69, 9.17) is 26.6 Å². The first-order valence-electron chi connectivity index (χ1n) is 6.37. The van der Waals surface area contributed by atoms with Crippen molar-refractivity contribution in [2.45, 2.75) is 6.04 Å². The highest BCUT2D eigenvalue weighted by Gasteiger charge is 2.22. The van der Waals surface area contributed by atoms with Gasteiger partial charge in [0.1, 0.15) is 11.8 Å². The third-order valence-corrected chi connectivity index (χ3v) is 3.57. The molecular weight excluding hydrogens is 290 g/mol. The summed E-state index contributed by atoms with van der Waals surface area (Å²) >= 11 is 6.14. The predicted octanol–water partition coefficient (Wildman–Crippen LogP) is 3.04. The molecule has 6 heteroatoms. The van der Waals surface area contributed by atoms with Crippen molar-refractivity contribution >= 4 is 22.6 Å². The number of para-hydroxylation sites is 1. The van der Waals surface area contributed by atoms with Gasteiger partial charge in [0.15, 0.2) is 5.58 Å². The molecule has 0 aliphatic heterocycles. The predicted molar refractivity (Wildman–Crippen MR) is 81.2 cm³/mol. The Hall–Kier alpha value is -2.08. The quantitative estimate of drug-likeness (QED) is 0.572. The summed E-state index contributed by atoms with van der Waals surface area (Å²) in [4.78, 5) is 4.18. The van der Waals surface area contributed by atoms with Crippen LogP contribution in [0.4, 0.5) is 0 Å². The number of hydrogen-bond donors (Lipinski definition) is 2. The van der Waals surface area contributed by atoms with Crippen LogP contribution in [0.5, 0.6) is 5.88 Å². The zero-order valence-corrected chi connectivity index (χ0v) is 12.1. The molecule has 0 spiro atoms. The van der Waals surface area contributed by atoms with Crippen LogP contribution in [0.3, 0.4) is 0 Å². The summed E-state index contributed by atoms with van der Waals surface area (Å²) in [5.74, 6) is 6.83. The molecule has 0 bridgehead atoms. The summed E-state index contributed by atoms with van der Waals surface area (Å²) in [5.41, 5.74) is 4.16. The maximum atomic E-state index is 6.14. The molecule has 1 aromatic carbocycles. The number of aromatic nitrogens is 1. The SMILES string of the molecule is COc1ncccc1C(NN)c1cc2cccc(Cl)c2o1. The lowest BCUT2D eigenvalue weighted by atomic mass is 10.1. The highest BCUT2D eigenvalue weighted by molar-refractivity contribution is 6.34. The van der Waals surface area contributed by atoms with Crippen molar-refractivity contribution in [3.8, 4) is 5.88 Å². The normalized spacial score (nSPS) is 12.5. The second kappa shape index (κ2) is 5.73. The molecule has 1 atom stereocenters. The van der Waals surface area contributed by atoms with Gasteiger partial charge in [-0.1, -0.05) is 23.7 Å². The van der Waals surface area contributed by atoms with Gasteiger partial charge >= 0.3 is 0 Å². The van der Waals surface area contributed by atoms with E-state index in [1.807, 2.05) is 30.3 Å². The summed E-state index contributed by atoms with van der Waals surface area (Å²) in [7, 11) is 1.56. The van der Waals surface area contributed by atoms with E-state index >= 15 is 0 Å². The van der Waals surface area contributed by atoms with Crippen LogP contribution < -0.4 is 16.0 Å². The molecule has 2 aromatic heterocycles. The number of pyridine rings is 1. The number of nitrogens with two attached hydrogens (primary N) is 1. The Kier molecular flexibility index (Phi) is 3.79. The van der Waals surface area contributed by atoms with Crippen molar-refractivity contribution < 1.29 is 9.15 Å². The number of nitrogens with zero attached hydrogens (tertiary/aromatic N) is 1. The van der Waals surface area contributed by atoms with E-state index in [1.165, 1.54) is 0 Å². The van der Waals surface area contributed by atoms with Crippen molar-refractivity contribution in [1.29, 1.82) is 0 Å². The first kappa shape index (κ1) is 13.9. The van der Waals surface area contributed by atoms with Crippen LogP contribution in [-0.2, 0) is 0 Å². The Morgan fingerprint density at radius 1 is 1.33 bits per heavy atom. The van der Waals surface area contributed by atoms with Crippen molar-refractivity contribution in [2.24, 2.45) is 5.84 Å². The lowest BCUT2D eigenvalue weighted by molar-refractivity contribution is 0.381. The fraction of sp³-hybridized carbons (Fsp3) is 0.133. The molecule has 2 heterocycles. The maximum Gasteiger partial charge on any atom is 0.218 e. The Labute approximate surface area is 126 Å². The highest BCUT2D eigenvalue weighted by Crippen LogP contribution is 2.33. The number of rotatable bonds is 4. The topological polar surface area (TPSA) is 73.3 Å². The smallest absolute Gasteiger partial charge is 0.218 e. The van der Waals surface area contributed by atoms with Crippen molar-refractivity contribution in [3.63, 3.8) is 0 Å². The van der Waals surface area contributed by atoms with Gasteiger partial charge in [0, 0.05) is 17.1 Å². The molecule has 0 aliphatic rings. The molecule has 3 N–H and O–H groups in total. The number of hydrogen-bond acceptors (Lipinski definition) is 5. The van der Waals surface area contributed by atoms with E-state index in [1.54, 1.807) is 19.4 Å². The second-order valence-electron chi connectivity index (χ2n) is 4.51. The van der Waals surface area contributed by atoms with Gasteiger partial charge in [0.05, 0.1) is 12.1 Å². The third-order valence-electron chi connectivity index (χ3n) is 3.27. The summed E-state index contributed by atoms with van der Waals surface area (Å²) in [6.45, 7) is 0. The van der Waals surface area contributed by atoms with Gasteiger partial charge in [-0.05, 0) is 24.3 Å². The zero-order chi connectivity index (χ0) is 14.8. The number of benzene rings is 1. The lowest BCUT2D eigenvalue weighted by Gasteiger charge is -2.15. The van der Waals surface area contributed by atoms with Crippen molar-refractivity contribution in [3.05, 3.63) is 58.9 Å². The van der Waals surface area contributed by atoms with E-state index in [0.717, 1.165) is 10.9 Å². The Morgan fingerprint density at radius 2 is 2.19 bits per heavy atom. The molecule has 0 aliphatic carbocycles. The molecule has 0 saturated heterocycles. The van der Waals surface area contributed by atoms with Gasteiger partial charge < -0.3 is 9.15 Å². The van der Waals surface area contributed by atoms with E-state index in [0.29, 0.717) is 22.2 Å². The molecule has 108 valence electrons. The molecule has 3 rings (SSSR count). The first-order valence-corrected chi connectivity index (χ1v) is 6.75. The number of fused-ring (bicyclic) bond motifs is 1. The average Bonchev–Trinajstić information content (AvgIpc) is 2.94. The standard InChI is InChI=1S/C15H14ClN3O2/c1-20-15-10(5-3-7-18-15)13(19-17)12-8-9-4-2-6-11(16)14(9)21-12/h2-8,13,19H,17H2,1H3. The number of methoxy groups -OCH3 is 1. The van der Waals surface area contributed by atoms with E-state index in [-0.39, 0.29) is 6.04 Å². The van der Waals surface area contributed by atoms with E-state index in [2.05, 4.69) is 10.4 Å². The number of ether oxygens (including phenoxy) is 1. The van der Waals surface area contributed by atoms with Crippen LogP contribution in [0, 0.1) is 0 Å². The van der Waals surface area contributed by atoms with Gasteiger partial charge in [-0.2, -0.15) is 0 Å².